The Morgan fingerprint density at radius 1 is 0.460 bits per heavy atom. The summed E-state index contributed by atoms with van der Waals surface area (Å²) in [7, 11) is 0. The highest BCUT2D eigenvalue weighted by atomic mass is 16.6. The third kappa shape index (κ3) is 35.6. The molecule has 50 heavy (non-hydrogen) atoms. The Morgan fingerprint density at radius 3 is 1.54 bits per heavy atom. The maximum absolute atomic E-state index is 12.6. The average molecular weight is 693 g/mol. The molecule has 0 heterocycles. The number of ether oxygens (including phenoxy) is 3. The molecule has 280 valence electrons. The lowest BCUT2D eigenvalue weighted by molar-refractivity contribution is -0.166. The van der Waals surface area contributed by atoms with Gasteiger partial charge in [0.1, 0.15) is 13.2 Å². The molecule has 1 unspecified atom stereocenters. The van der Waals surface area contributed by atoms with Gasteiger partial charge in [0.2, 0.25) is 0 Å². The summed E-state index contributed by atoms with van der Waals surface area (Å²) in [5, 5.41) is 0. The lowest BCUT2D eigenvalue weighted by Crippen LogP contribution is -2.30. The van der Waals surface area contributed by atoms with Gasteiger partial charge < -0.3 is 14.2 Å². The molecule has 0 radical (unpaired) electrons. The van der Waals surface area contributed by atoms with Crippen LogP contribution in [0.5, 0.6) is 0 Å². The molecule has 0 aliphatic heterocycles. The van der Waals surface area contributed by atoms with Crippen LogP contribution in [0.15, 0.2) is 97.2 Å². The third-order valence-electron chi connectivity index (χ3n) is 7.49. The number of esters is 3. The summed E-state index contributed by atoms with van der Waals surface area (Å²) in [5.74, 6) is -1.15. The van der Waals surface area contributed by atoms with E-state index in [2.05, 4.69) is 51.2 Å². The third-order valence-corrected chi connectivity index (χ3v) is 7.49. The zero-order chi connectivity index (χ0) is 36.6. The highest BCUT2D eigenvalue weighted by Gasteiger charge is 2.19. The Labute approximate surface area is 305 Å². The molecule has 1 atom stereocenters. The Balaban J connectivity index is 4.61. The van der Waals surface area contributed by atoms with E-state index in [1.807, 2.05) is 60.8 Å². The van der Waals surface area contributed by atoms with E-state index in [0.29, 0.717) is 12.8 Å². The topological polar surface area (TPSA) is 78.9 Å². The number of unbranched alkanes of at least 4 members (excludes halogenated alkanes) is 10. The molecule has 0 aromatic heterocycles. The minimum absolute atomic E-state index is 0.120. The first-order valence-electron chi connectivity index (χ1n) is 19.3. The quantitative estimate of drug-likeness (QED) is 0.0229. The van der Waals surface area contributed by atoms with Gasteiger partial charge in [-0.25, -0.2) is 0 Å². The van der Waals surface area contributed by atoms with Crippen LogP contribution in [0.1, 0.15) is 143 Å². The summed E-state index contributed by atoms with van der Waals surface area (Å²) < 4.78 is 16.4. The van der Waals surface area contributed by atoms with Gasteiger partial charge in [-0.2, -0.15) is 0 Å². The molecule has 0 N–H and O–H groups in total. The number of carbonyl (C=O) groups is 3. The molecule has 0 spiro atoms. The SMILES string of the molecule is CC\C=C/C=C\C=C/C=C\C=C/CCCC(=O)OCC(COC(=O)C/C=C\C/C=C\C/C=C\CC)OC(=O)CCCCCCCCCCCC. The van der Waals surface area contributed by atoms with Gasteiger partial charge in [0.25, 0.3) is 0 Å². The lowest BCUT2D eigenvalue weighted by Gasteiger charge is -2.18. The van der Waals surface area contributed by atoms with Crippen molar-refractivity contribution in [3.05, 3.63) is 97.2 Å². The number of hydrogen-bond donors (Lipinski definition) is 0. The van der Waals surface area contributed by atoms with Crippen molar-refractivity contribution in [2.24, 2.45) is 0 Å². The first kappa shape index (κ1) is 46.3. The van der Waals surface area contributed by atoms with Crippen molar-refractivity contribution in [1.29, 1.82) is 0 Å². The molecule has 0 fully saturated rings. The van der Waals surface area contributed by atoms with Crippen molar-refractivity contribution < 1.29 is 28.6 Å². The summed E-state index contributed by atoms with van der Waals surface area (Å²) in [5.41, 5.74) is 0. The Bertz CT molecular complexity index is 1070. The lowest BCUT2D eigenvalue weighted by atomic mass is 10.1. The smallest absolute Gasteiger partial charge is 0.309 e. The van der Waals surface area contributed by atoms with E-state index in [0.717, 1.165) is 51.4 Å². The molecule has 6 heteroatoms. The van der Waals surface area contributed by atoms with Gasteiger partial charge in [0.15, 0.2) is 6.10 Å². The largest absolute Gasteiger partial charge is 0.462 e. The second-order valence-electron chi connectivity index (χ2n) is 12.2. The van der Waals surface area contributed by atoms with E-state index in [4.69, 9.17) is 14.2 Å². The normalized spacial score (nSPS) is 13.1. The summed E-state index contributed by atoms with van der Waals surface area (Å²) in [4.78, 5) is 37.3. The number of hydrogen-bond acceptors (Lipinski definition) is 6. The molecule has 0 aliphatic rings. The first-order chi connectivity index (χ1) is 24.5. The van der Waals surface area contributed by atoms with Crippen LogP contribution in [0.3, 0.4) is 0 Å². The van der Waals surface area contributed by atoms with Crippen molar-refractivity contribution in [1.82, 2.24) is 0 Å². The van der Waals surface area contributed by atoms with E-state index in [1.165, 1.54) is 44.9 Å². The average Bonchev–Trinajstić information content (AvgIpc) is 3.11. The molecule has 0 bridgehead atoms. The van der Waals surface area contributed by atoms with Crippen LogP contribution in [-0.2, 0) is 28.6 Å². The van der Waals surface area contributed by atoms with E-state index in [-0.39, 0.29) is 38.0 Å². The number of allylic oxidation sites excluding steroid dienone is 15. The highest BCUT2D eigenvalue weighted by molar-refractivity contribution is 5.72. The van der Waals surface area contributed by atoms with Crippen LogP contribution in [-0.4, -0.2) is 37.2 Å². The molecule has 0 rings (SSSR count). The Morgan fingerprint density at radius 2 is 0.940 bits per heavy atom. The van der Waals surface area contributed by atoms with Crippen LogP contribution < -0.4 is 0 Å². The van der Waals surface area contributed by atoms with Crippen molar-refractivity contribution >= 4 is 17.9 Å². The molecular weight excluding hydrogens is 624 g/mol. The maximum Gasteiger partial charge on any atom is 0.309 e. The number of rotatable bonds is 32. The molecule has 0 saturated carbocycles. The Hall–Kier alpha value is -3.67. The van der Waals surface area contributed by atoms with Crippen LogP contribution in [0.4, 0.5) is 0 Å². The fourth-order valence-corrected chi connectivity index (χ4v) is 4.65. The molecule has 6 nitrogen and oxygen atoms in total. The molecular formula is C44H68O6. The summed E-state index contributed by atoms with van der Waals surface area (Å²) in [6.07, 6.45) is 48.6. The second kappa shape index (κ2) is 38.1. The standard InChI is InChI=1S/C44H68O6/c1-4-7-10-13-16-19-21-22-23-26-28-31-34-37-43(46)49-40-41(39-48-42(45)36-33-30-27-24-18-15-12-9-6-3)50-44(47)38-35-32-29-25-20-17-14-11-8-5-2/h7,9-10,12-13,16,18-19,21-24,26,28,30,33,41H,4-6,8,11,14-15,17,20,25,27,29,31-32,34-40H2,1-3H3/b10-7-,12-9-,16-13-,21-19-,23-22-,24-18-,28-26-,33-30-. The predicted molar refractivity (Wildman–Crippen MR) is 210 cm³/mol. The predicted octanol–water partition coefficient (Wildman–Crippen LogP) is 11.9. The van der Waals surface area contributed by atoms with Gasteiger partial charge in [-0.3, -0.25) is 14.4 Å². The second-order valence-corrected chi connectivity index (χ2v) is 12.2. The van der Waals surface area contributed by atoms with E-state index < -0.39 is 12.1 Å². The van der Waals surface area contributed by atoms with E-state index >= 15 is 0 Å². The van der Waals surface area contributed by atoms with Crippen LogP contribution in [0.2, 0.25) is 0 Å². The van der Waals surface area contributed by atoms with Crippen molar-refractivity contribution in [2.45, 2.75) is 149 Å². The van der Waals surface area contributed by atoms with Gasteiger partial charge in [-0.15, -0.1) is 0 Å². The maximum atomic E-state index is 12.6. The van der Waals surface area contributed by atoms with Gasteiger partial charge in [0, 0.05) is 12.8 Å². The zero-order valence-electron chi connectivity index (χ0n) is 31.6. The molecule has 0 aliphatic carbocycles. The van der Waals surface area contributed by atoms with Gasteiger partial charge in [-0.1, -0.05) is 176 Å². The van der Waals surface area contributed by atoms with Crippen LogP contribution in [0.25, 0.3) is 0 Å². The van der Waals surface area contributed by atoms with E-state index in [1.54, 1.807) is 6.08 Å². The summed E-state index contributed by atoms with van der Waals surface area (Å²) in [6, 6.07) is 0. The monoisotopic (exact) mass is 693 g/mol. The minimum Gasteiger partial charge on any atom is -0.462 e. The zero-order valence-corrected chi connectivity index (χ0v) is 31.6. The van der Waals surface area contributed by atoms with Gasteiger partial charge >= 0.3 is 17.9 Å². The Kier molecular flexibility index (Phi) is 35.3. The minimum atomic E-state index is -0.836. The first-order valence-corrected chi connectivity index (χ1v) is 19.3. The van der Waals surface area contributed by atoms with E-state index in [9.17, 15) is 14.4 Å². The van der Waals surface area contributed by atoms with Crippen molar-refractivity contribution in [3.8, 4) is 0 Å². The fourth-order valence-electron chi connectivity index (χ4n) is 4.65. The van der Waals surface area contributed by atoms with Gasteiger partial charge in [0.05, 0.1) is 6.42 Å². The molecule has 0 aromatic rings. The van der Waals surface area contributed by atoms with Crippen molar-refractivity contribution in [3.63, 3.8) is 0 Å². The van der Waals surface area contributed by atoms with Gasteiger partial charge in [-0.05, 0) is 44.9 Å². The summed E-state index contributed by atoms with van der Waals surface area (Å²) >= 11 is 0. The fraction of sp³-hybridized carbons (Fsp3) is 0.568. The van der Waals surface area contributed by atoms with Crippen LogP contribution in [0, 0.1) is 0 Å². The van der Waals surface area contributed by atoms with Crippen molar-refractivity contribution in [2.75, 3.05) is 13.2 Å². The molecule has 0 saturated heterocycles. The summed E-state index contributed by atoms with van der Waals surface area (Å²) in [6.45, 7) is 6.14. The van der Waals surface area contributed by atoms with Crippen LogP contribution >= 0.6 is 0 Å². The highest BCUT2D eigenvalue weighted by Crippen LogP contribution is 2.12. The molecule has 0 aromatic carbocycles. The number of carbonyl (C=O) groups excluding carboxylic acids is 3. The molecule has 0 amide bonds.